The standard InChI is InChI=1S/C11H7ClN2O/c12-4-10(15)8-6-14-9-3-1-2-7(5-13)11(8)9/h1-3,6,14H,4H2. The number of hydrogen-bond acceptors (Lipinski definition) is 2. The lowest BCUT2D eigenvalue weighted by Gasteiger charge is -1.96. The minimum Gasteiger partial charge on any atom is -0.360 e. The first-order valence-corrected chi connectivity index (χ1v) is 4.90. The Labute approximate surface area is 91.3 Å². The van der Waals surface area contributed by atoms with Gasteiger partial charge in [-0.25, -0.2) is 0 Å². The molecule has 1 aromatic carbocycles. The molecule has 1 heterocycles. The van der Waals surface area contributed by atoms with Gasteiger partial charge in [0.1, 0.15) is 0 Å². The van der Waals surface area contributed by atoms with Gasteiger partial charge in [-0.15, -0.1) is 11.6 Å². The van der Waals surface area contributed by atoms with Crippen molar-refractivity contribution in [2.24, 2.45) is 0 Å². The average Bonchev–Trinajstić information content (AvgIpc) is 2.71. The summed E-state index contributed by atoms with van der Waals surface area (Å²) in [4.78, 5) is 14.4. The molecule has 0 unspecified atom stereocenters. The molecule has 3 nitrogen and oxygen atoms in total. The van der Waals surface area contributed by atoms with Gasteiger partial charge in [-0.3, -0.25) is 4.79 Å². The molecular formula is C11H7ClN2O. The van der Waals surface area contributed by atoms with E-state index in [1.165, 1.54) is 0 Å². The maximum atomic E-state index is 11.5. The summed E-state index contributed by atoms with van der Waals surface area (Å²) in [6.07, 6.45) is 1.59. The second-order valence-electron chi connectivity index (χ2n) is 3.10. The van der Waals surface area contributed by atoms with E-state index in [9.17, 15) is 4.79 Å². The van der Waals surface area contributed by atoms with Crippen molar-refractivity contribution in [2.45, 2.75) is 0 Å². The van der Waals surface area contributed by atoms with Gasteiger partial charge in [-0.2, -0.15) is 5.26 Å². The zero-order valence-corrected chi connectivity index (χ0v) is 8.51. The van der Waals surface area contributed by atoms with Crippen molar-refractivity contribution in [2.75, 3.05) is 5.88 Å². The Morgan fingerprint density at radius 2 is 2.33 bits per heavy atom. The fraction of sp³-hybridized carbons (Fsp3) is 0.0909. The van der Waals surface area contributed by atoms with Crippen molar-refractivity contribution in [1.29, 1.82) is 5.26 Å². The fourth-order valence-electron chi connectivity index (χ4n) is 1.57. The predicted molar refractivity (Wildman–Crippen MR) is 58.1 cm³/mol. The number of nitrogens with zero attached hydrogens (tertiary/aromatic N) is 1. The van der Waals surface area contributed by atoms with Crippen molar-refractivity contribution in [3.8, 4) is 6.07 Å². The van der Waals surface area contributed by atoms with Crippen LogP contribution >= 0.6 is 11.6 Å². The van der Waals surface area contributed by atoms with Crippen LogP contribution in [0, 0.1) is 11.3 Å². The Morgan fingerprint density at radius 1 is 1.53 bits per heavy atom. The number of halogens is 1. The summed E-state index contributed by atoms with van der Waals surface area (Å²) in [7, 11) is 0. The highest BCUT2D eigenvalue weighted by molar-refractivity contribution is 6.32. The number of nitrogens with one attached hydrogen (secondary N) is 1. The Bertz CT molecular complexity index is 565. The molecule has 0 spiro atoms. The van der Waals surface area contributed by atoms with Gasteiger partial charge < -0.3 is 4.98 Å². The van der Waals surface area contributed by atoms with E-state index in [0.29, 0.717) is 16.5 Å². The molecule has 0 saturated carbocycles. The Hall–Kier alpha value is -1.79. The van der Waals surface area contributed by atoms with Gasteiger partial charge >= 0.3 is 0 Å². The van der Waals surface area contributed by atoms with Gasteiger partial charge in [0.05, 0.1) is 17.5 Å². The van der Waals surface area contributed by atoms with Crippen LogP contribution in [-0.2, 0) is 0 Å². The zero-order valence-electron chi connectivity index (χ0n) is 7.75. The number of rotatable bonds is 2. The Kier molecular flexibility index (Phi) is 2.44. The highest BCUT2D eigenvalue weighted by atomic mass is 35.5. The molecule has 0 aliphatic rings. The molecule has 0 bridgehead atoms. The second-order valence-corrected chi connectivity index (χ2v) is 3.37. The maximum absolute atomic E-state index is 11.5. The number of nitriles is 1. The molecule has 0 aliphatic carbocycles. The largest absolute Gasteiger partial charge is 0.360 e. The minimum absolute atomic E-state index is 0.0767. The number of aromatic nitrogens is 1. The van der Waals surface area contributed by atoms with Crippen molar-refractivity contribution in [1.82, 2.24) is 4.98 Å². The molecule has 0 radical (unpaired) electrons. The molecular weight excluding hydrogens is 212 g/mol. The summed E-state index contributed by atoms with van der Waals surface area (Å²) in [6, 6.07) is 7.33. The van der Waals surface area contributed by atoms with Gasteiger partial charge in [-0.05, 0) is 12.1 Å². The van der Waals surface area contributed by atoms with Crippen molar-refractivity contribution in [3.63, 3.8) is 0 Å². The summed E-state index contributed by atoms with van der Waals surface area (Å²) in [5.41, 5.74) is 1.75. The summed E-state index contributed by atoms with van der Waals surface area (Å²) < 4.78 is 0. The fourth-order valence-corrected chi connectivity index (χ4v) is 1.71. The average molecular weight is 219 g/mol. The van der Waals surface area contributed by atoms with Crippen LogP contribution in [0.1, 0.15) is 15.9 Å². The molecule has 0 aliphatic heterocycles. The van der Waals surface area contributed by atoms with Crippen LogP contribution in [0.4, 0.5) is 0 Å². The van der Waals surface area contributed by atoms with Crippen molar-refractivity contribution in [3.05, 3.63) is 35.5 Å². The van der Waals surface area contributed by atoms with Crippen LogP contribution < -0.4 is 0 Å². The van der Waals surface area contributed by atoms with E-state index in [4.69, 9.17) is 16.9 Å². The lowest BCUT2D eigenvalue weighted by Crippen LogP contribution is -1.99. The first-order valence-electron chi connectivity index (χ1n) is 4.37. The number of ketones is 1. The number of Topliss-reactive ketones (excluding diaryl/α,β-unsaturated/α-hetero) is 1. The van der Waals surface area contributed by atoms with Crippen LogP contribution in [0.15, 0.2) is 24.4 Å². The van der Waals surface area contributed by atoms with E-state index >= 15 is 0 Å². The molecule has 1 aromatic heterocycles. The molecule has 0 saturated heterocycles. The summed E-state index contributed by atoms with van der Waals surface area (Å²) >= 11 is 5.49. The summed E-state index contributed by atoms with van der Waals surface area (Å²) in [5, 5.41) is 9.58. The van der Waals surface area contributed by atoms with Crippen LogP contribution in [0.5, 0.6) is 0 Å². The molecule has 15 heavy (non-hydrogen) atoms. The number of aromatic amines is 1. The number of carbonyl (C=O) groups excluding carboxylic acids is 1. The van der Waals surface area contributed by atoms with E-state index in [-0.39, 0.29) is 11.7 Å². The van der Waals surface area contributed by atoms with Gasteiger partial charge in [0, 0.05) is 22.7 Å². The lowest BCUT2D eigenvalue weighted by molar-refractivity contribution is 0.102. The van der Waals surface area contributed by atoms with Gasteiger partial charge in [0.25, 0.3) is 0 Å². The van der Waals surface area contributed by atoms with Crippen LogP contribution in [0.3, 0.4) is 0 Å². The van der Waals surface area contributed by atoms with Gasteiger partial charge in [0.2, 0.25) is 0 Å². The number of hydrogen-bond donors (Lipinski definition) is 1. The second kappa shape index (κ2) is 3.76. The predicted octanol–water partition coefficient (Wildman–Crippen LogP) is 2.46. The highest BCUT2D eigenvalue weighted by Crippen LogP contribution is 2.22. The normalized spacial score (nSPS) is 10.1. The highest BCUT2D eigenvalue weighted by Gasteiger charge is 2.13. The van der Waals surface area contributed by atoms with Gasteiger partial charge in [-0.1, -0.05) is 6.07 Å². The number of H-pyrrole nitrogens is 1. The van der Waals surface area contributed by atoms with Crippen LogP contribution in [0.2, 0.25) is 0 Å². The van der Waals surface area contributed by atoms with E-state index < -0.39 is 0 Å². The van der Waals surface area contributed by atoms with E-state index in [1.54, 1.807) is 18.3 Å². The minimum atomic E-state index is -0.175. The first-order chi connectivity index (χ1) is 7.27. The number of carbonyl (C=O) groups is 1. The third-order valence-corrected chi connectivity index (χ3v) is 2.49. The SMILES string of the molecule is N#Cc1cccc2[nH]cc(C(=O)CCl)c12. The Morgan fingerprint density at radius 3 is 3.00 bits per heavy atom. The molecule has 0 fully saturated rings. The van der Waals surface area contributed by atoms with E-state index in [2.05, 4.69) is 11.1 Å². The third-order valence-electron chi connectivity index (χ3n) is 2.25. The summed E-state index contributed by atoms with van der Waals surface area (Å²) in [6.45, 7) is 0. The molecule has 1 N–H and O–H groups in total. The van der Waals surface area contributed by atoms with Crippen LogP contribution in [-0.4, -0.2) is 16.6 Å². The molecule has 0 atom stereocenters. The number of fused-ring (bicyclic) bond motifs is 1. The first kappa shape index (κ1) is 9.75. The molecule has 4 heteroatoms. The van der Waals surface area contributed by atoms with Crippen molar-refractivity contribution < 1.29 is 4.79 Å². The lowest BCUT2D eigenvalue weighted by atomic mass is 10.1. The number of alkyl halides is 1. The molecule has 74 valence electrons. The Balaban J connectivity index is 2.78. The third kappa shape index (κ3) is 1.49. The zero-order chi connectivity index (χ0) is 10.8. The van der Waals surface area contributed by atoms with Crippen LogP contribution in [0.25, 0.3) is 10.9 Å². The smallest absolute Gasteiger partial charge is 0.179 e. The van der Waals surface area contributed by atoms with Crippen molar-refractivity contribution >= 4 is 28.3 Å². The molecule has 2 rings (SSSR count). The molecule has 2 aromatic rings. The van der Waals surface area contributed by atoms with E-state index in [0.717, 1.165) is 5.52 Å². The quantitative estimate of drug-likeness (QED) is 0.622. The maximum Gasteiger partial charge on any atom is 0.179 e. The number of benzene rings is 1. The monoisotopic (exact) mass is 218 g/mol. The van der Waals surface area contributed by atoms with E-state index in [1.807, 2.05) is 6.07 Å². The molecule has 0 amide bonds. The topological polar surface area (TPSA) is 56.6 Å². The summed E-state index contributed by atoms with van der Waals surface area (Å²) in [5.74, 6) is -0.252. The van der Waals surface area contributed by atoms with Gasteiger partial charge in [0.15, 0.2) is 5.78 Å².